The van der Waals surface area contributed by atoms with Crippen molar-refractivity contribution >= 4 is 60.6 Å². The van der Waals surface area contributed by atoms with Crippen LogP contribution in [-0.2, 0) is 16.6 Å². The molecular formula is C28H32ClN7O4S2. The molecule has 11 nitrogen and oxygen atoms in total. The van der Waals surface area contributed by atoms with Crippen molar-refractivity contribution in [2.45, 2.75) is 24.0 Å². The average molecular weight is 630 g/mol. The first kappa shape index (κ1) is 30.1. The van der Waals surface area contributed by atoms with Crippen molar-refractivity contribution in [1.82, 2.24) is 29.1 Å². The predicted molar refractivity (Wildman–Crippen MR) is 170 cm³/mol. The van der Waals surface area contributed by atoms with Crippen LogP contribution in [0.15, 0.2) is 58.5 Å². The van der Waals surface area contributed by atoms with Crippen LogP contribution in [0, 0.1) is 0 Å². The Bertz CT molecular complexity index is 1810. The zero-order valence-electron chi connectivity index (χ0n) is 23.5. The Balaban J connectivity index is 1.51. The third kappa shape index (κ3) is 6.81. The number of benzene rings is 1. The lowest BCUT2D eigenvalue weighted by Crippen LogP contribution is -2.33. The highest BCUT2D eigenvalue weighted by Crippen LogP contribution is 2.30. The molecule has 0 aliphatic carbocycles. The predicted octanol–water partition coefficient (Wildman–Crippen LogP) is 3.57. The van der Waals surface area contributed by atoms with Gasteiger partial charge in [-0.25, -0.2) is 17.7 Å². The molecule has 42 heavy (non-hydrogen) atoms. The van der Waals surface area contributed by atoms with Crippen LogP contribution in [0.1, 0.15) is 6.42 Å². The first-order valence-corrected chi connectivity index (χ1v) is 17.2. The maximum Gasteiger partial charge on any atom is 0.261 e. The van der Waals surface area contributed by atoms with E-state index in [0.717, 1.165) is 42.1 Å². The average Bonchev–Trinajstić information content (AvgIpc) is 3.46. The number of halogens is 1. The number of pyridine rings is 2. The van der Waals surface area contributed by atoms with Gasteiger partial charge in [-0.15, -0.1) is 0 Å². The lowest BCUT2D eigenvalue weighted by atomic mass is 10.1. The molecule has 0 saturated carbocycles. The van der Waals surface area contributed by atoms with E-state index < -0.39 is 15.6 Å². The highest BCUT2D eigenvalue weighted by molar-refractivity contribution is 8.13. The Kier molecular flexibility index (Phi) is 8.94. The number of aromatic nitrogens is 4. The van der Waals surface area contributed by atoms with Crippen molar-refractivity contribution < 1.29 is 13.2 Å². The van der Waals surface area contributed by atoms with Crippen LogP contribution in [0.25, 0.3) is 22.3 Å². The summed E-state index contributed by atoms with van der Waals surface area (Å²) in [4.78, 5) is 28.3. The van der Waals surface area contributed by atoms with Crippen molar-refractivity contribution in [1.29, 1.82) is 0 Å². The van der Waals surface area contributed by atoms with Gasteiger partial charge < -0.3 is 15.4 Å². The largest absolute Gasteiger partial charge is 0.489 e. The Morgan fingerprint density at radius 2 is 2.00 bits per heavy atom. The van der Waals surface area contributed by atoms with E-state index in [9.17, 15) is 13.2 Å². The zero-order chi connectivity index (χ0) is 30.0. The summed E-state index contributed by atoms with van der Waals surface area (Å²) in [5.74, 6) is 5.08. The number of fused-ring (bicyclic) bond motifs is 1. The first-order chi connectivity index (χ1) is 20.0. The second-order valence-corrected chi connectivity index (χ2v) is 14.3. The Hall–Kier alpha value is -3.36. The summed E-state index contributed by atoms with van der Waals surface area (Å²) in [6.07, 6.45) is 7.46. The molecule has 2 unspecified atom stereocenters. The molecule has 0 bridgehead atoms. The van der Waals surface area contributed by atoms with Gasteiger partial charge in [-0.1, -0.05) is 17.5 Å². The molecule has 2 N–H and O–H groups in total. The molecule has 0 radical (unpaired) electrons. The molecular weight excluding hydrogens is 598 g/mol. The van der Waals surface area contributed by atoms with Gasteiger partial charge in [0.05, 0.1) is 22.5 Å². The molecule has 14 heteroatoms. The van der Waals surface area contributed by atoms with Crippen LogP contribution in [0.3, 0.4) is 0 Å². The van der Waals surface area contributed by atoms with Crippen LogP contribution in [0.2, 0.25) is 5.02 Å². The zero-order valence-corrected chi connectivity index (χ0v) is 25.9. The second kappa shape index (κ2) is 12.5. The SMILES string of the molecule is C=S(C)c1cnc(-c2cc3cnc(Nc4ccc(OC5CCNC5)cc4)nc3n(CCN(C)S(C)(=O)=O)c2=O)c(Cl)c1. The minimum absolute atomic E-state index is 0.0538. The van der Waals surface area contributed by atoms with Gasteiger partial charge in [0.15, 0.2) is 0 Å². The standard InChI is InChI=1S/C28H32ClN7O4S2/c1-35(42(4,38)39)11-12-36-26-18(13-23(27(36)37)25-24(29)14-22(17-31-25)41(2)3)15-32-28(34-26)33-19-5-7-20(8-6-19)40-21-9-10-30-16-21/h5-8,13-15,17,21,30H,2,9-12,16H2,1,3-4H3,(H,32,33,34). The van der Waals surface area contributed by atoms with Crippen LogP contribution in [0.5, 0.6) is 5.75 Å². The number of anilines is 2. The summed E-state index contributed by atoms with van der Waals surface area (Å²) >= 11 is 6.57. The lowest BCUT2D eigenvalue weighted by Gasteiger charge is -2.17. The molecule has 0 amide bonds. The number of hydrogen-bond donors (Lipinski definition) is 2. The smallest absolute Gasteiger partial charge is 0.261 e. The van der Waals surface area contributed by atoms with E-state index in [1.165, 1.54) is 15.9 Å². The van der Waals surface area contributed by atoms with Gasteiger partial charge in [-0.3, -0.25) is 14.3 Å². The summed E-state index contributed by atoms with van der Waals surface area (Å²) < 4.78 is 32.7. The molecule has 1 aliphatic rings. The van der Waals surface area contributed by atoms with Crippen molar-refractivity contribution in [3.8, 4) is 17.0 Å². The van der Waals surface area contributed by atoms with Crippen LogP contribution in [0.4, 0.5) is 11.6 Å². The van der Waals surface area contributed by atoms with Crippen molar-refractivity contribution in [3.05, 3.63) is 64.2 Å². The molecule has 222 valence electrons. The molecule has 1 aliphatic heterocycles. The Labute approximate surface area is 251 Å². The number of rotatable bonds is 10. The molecule has 3 aromatic heterocycles. The second-order valence-electron chi connectivity index (χ2n) is 10.1. The molecule has 4 heterocycles. The summed E-state index contributed by atoms with van der Waals surface area (Å²) in [6, 6.07) is 10.9. The van der Waals surface area contributed by atoms with E-state index in [1.807, 2.05) is 30.5 Å². The summed E-state index contributed by atoms with van der Waals surface area (Å²) in [5.41, 5.74) is 1.27. The van der Waals surface area contributed by atoms with Crippen LogP contribution < -0.4 is 20.9 Å². The number of sulfonamides is 1. The molecule has 1 aromatic carbocycles. The minimum Gasteiger partial charge on any atom is -0.489 e. The number of ether oxygens (including phenoxy) is 1. The van der Waals surface area contributed by atoms with E-state index in [4.69, 9.17) is 16.3 Å². The molecule has 0 spiro atoms. The van der Waals surface area contributed by atoms with Crippen LogP contribution >= 0.6 is 22.1 Å². The summed E-state index contributed by atoms with van der Waals surface area (Å²) in [5, 5.41) is 7.35. The van der Waals surface area contributed by atoms with E-state index in [0.29, 0.717) is 21.7 Å². The number of nitrogens with one attached hydrogen (secondary N) is 2. The minimum atomic E-state index is -3.46. The lowest BCUT2D eigenvalue weighted by molar-refractivity contribution is 0.223. The molecule has 5 rings (SSSR count). The summed E-state index contributed by atoms with van der Waals surface area (Å²) in [6.45, 7) is 1.89. The summed E-state index contributed by atoms with van der Waals surface area (Å²) in [7, 11) is -2.30. The molecule has 1 saturated heterocycles. The van der Waals surface area contributed by atoms with Crippen molar-refractivity contribution in [3.63, 3.8) is 0 Å². The van der Waals surface area contributed by atoms with E-state index in [1.54, 1.807) is 24.5 Å². The van der Waals surface area contributed by atoms with Gasteiger partial charge >= 0.3 is 0 Å². The molecule has 2 atom stereocenters. The maximum absolute atomic E-state index is 13.9. The van der Waals surface area contributed by atoms with Crippen molar-refractivity contribution in [2.75, 3.05) is 44.5 Å². The third-order valence-electron chi connectivity index (χ3n) is 6.93. The van der Waals surface area contributed by atoms with Gasteiger partial charge in [-0.2, -0.15) is 15.5 Å². The van der Waals surface area contributed by atoms with Crippen molar-refractivity contribution in [2.24, 2.45) is 0 Å². The van der Waals surface area contributed by atoms with Gasteiger partial charge in [0.25, 0.3) is 5.56 Å². The topological polar surface area (TPSA) is 131 Å². The Morgan fingerprint density at radius 1 is 1.24 bits per heavy atom. The van der Waals surface area contributed by atoms with Gasteiger partial charge in [0.1, 0.15) is 17.5 Å². The van der Waals surface area contributed by atoms with Gasteiger partial charge in [0, 0.05) is 55.0 Å². The van der Waals surface area contributed by atoms with E-state index in [-0.39, 0.29) is 41.2 Å². The molecule has 4 aromatic rings. The van der Waals surface area contributed by atoms with Gasteiger partial charge in [-0.05, 0) is 55.6 Å². The quantitative estimate of drug-likeness (QED) is 0.253. The number of hydrogen-bond acceptors (Lipinski definition) is 9. The third-order valence-corrected chi connectivity index (χ3v) is 9.56. The normalized spacial score (nSPS) is 16.2. The number of nitrogens with zero attached hydrogens (tertiary/aromatic N) is 5. The highest BCUT2D eigenvalue weighted by Gasteiger charge is 2.19. The fourth-order valence-electron chi connectivity index (χ4n) is 4.48. The van der Waals surface area contributed by atoms with E-state index >= 15 is 0 Å². The highest BCUT2D eigenvalue weighted by atomic mass is 35.5. The maximum atomic E-state index is 13.9. The van der Waals surface area contributed by atoms with Crippen LogP contribution in [-0.4, -0.2) is 83.4 Å². The monoisotopic (exact) mass is 629 g/mol. The number of likely N-dealkylation sites (N-methyl/N-ethyl adjacent to an activating group) is 1. The Morgan fingerprint density at radius 3 is 2.64 bits per heavy atom. The fraction of sp³-hybridized carbons (Fsp3) is 0.321. The fourth-order valence-corrected chi connectivity index (χ4v) is 5.78. The van der Waals surface area contributed by atoms with Gasteiger partial charge in [0.2, 0.25) is 16.0 Å². The van der Waals surface area contributed by atoms with E-state index in [2.05, 4.69) is 31.5 Å². The first-order valence-electron chi connectivity index (χ1n) is 13.2. The molecule has 1 fully saturated rings.